The molecule has 1 aliphatic rings. The van der Waals surface area contributed by atoms with E-state index in [1.54, 1.807) is 6.07 Å². The number of aliphatic hydroxyl groups is 1. The van der Waals surface area contributed by atoms with Gasteiger partial charge in [-0.3, -0.25) is 0 Å². The van der Waals surface area contributed by atoms with Gasteiger partial charge in [0, 0.05) is 0 Å². The number of ether oxygens (including phenoxy) is 2. The molecule has 1 aliphatic heterocycles. The lowest BCUT2D eigenvalue weighted by Crippen LogP contribution is -2.18. The van der Waals surface area contributed by atoms with Crippen LogP contribution in [0.5, 0.6) is 0 Å². The highest BCUT2D eigenvalue weighted by Gasteiger charge is 2.31. The van der Waals surface area contributed by atoms with Gasteiger partial charge in [-0.2, -0.15) is 0 Å². The number of hydrogen-bond donors (Lipinski definition) is 1. The average Bonchev–Trinajstić information content (AvgIpc) is 2.95. The van der Waals surface area contributed by atoms with Gasteiger partial charge in [-0.15, -0.1) is 0 Å². The predicted molar refractivity (Wildman–Crippen MR) is 58.6 cm³/mol. The molecule has 5 heteroatoms. The highest BCUT2D eigenvalue weighted by atomic mass is 16.5. The van der Waals surface area contributed by atoms with E-state index in [4.69, 9.17) is 9.15 Å². The van der Waals surface area contributed by atoms with Crippen molar-refractivity contribution < 1.29 is 23.8 Å². The van der Waals surface area contributed by atoms with Crippen LogP contribution in [0.15, 0.2) is 16.5 Å². The third kappa shape index (κ3) is 2.50. The third-order valence-corrected chi connectivity index (χ3v) is 2.92. The van der Waals surface area contributed by atoms with Gasteiger partial charge < -0.3 is 19.0 Å². The van der Waals surface area contributed by atoms with Crippen LogP contribution in [0.2, 0.25) is 0 Å². The number of aliphatic hydroxyl groups excluding tert-OH is 1. The summed E-state index contributed by atoms with van der Waals surface area (Å²) in [6, 6.07) is 3.06. The maximum atomic E-state index is 11.2. The molecule has 94 valence electrons. The Kier molecular flexibility index (Phi) is 3.49. The van der Waals surface area contributed by atoms with Crippen LogP contribution in [0.1, 0.15) is 42.2 Å². The fourth-order valence-electron chi connectivity index (χ4n) is 1.97. The molecule has 0 radical (unpaired) electrons. The molecule has 17 heavy (non-hydrogen) atoms. The molecular weight excluding hydrogens is 224 g/mol. The molecule has 2 heterocycles. The first-order valence-electron chi connectivity index (χ1n) is 5.63. The van der Waals surface area contributed by atoms with Gasteiger partial charge in [0.1, 0.15) is 11.9 Å². The van der Waals surface area contributed by atoms with E-state index in [9.17, 15) is 9.90 Å². The molecular formula is C12H16O5. The van der Waals surface area contributed by atoms with E-state index in [1.165, 1.54) is 13.2 Å². The van der Waals surface area contributed by atoms with Gasteiger partial charge >= 0.3 is 5.97 Å². The van der Waals surface area contributed by atoms with Crippen molar-refractivity contribution >= 4 is 5.97 Å². The Bertz CT molecular complexity index is 397. The summed E-state index contributed by atoms with van der Waals surface area (Å²) < 4.78 is 15.3. The molecule has 0 saturated carbocycles. The highest BCUT2D eigenvalue weighted by Crippen LogP contribution is 2.30. The second kappa shape index (κ2) is 4.89. The number of furan rings is 1. The van der Waals surface area contributed by atoms with Crippen LogP contribution < -0.4 is 0 Å². The topological polar surface area (TPSA) is 68.9 Å². The van der Waals surface area contributed by atoms with Crippen LogP contribution in [-0.2, 0) is 9.47 Å². The van der Waals surface area contributed by atoms with Crippen LogP contribution in [0.4, 0.5) is 0 Å². The van der Waals surface area contributed by atoms with E-state index in [1.807, 2.05) is 6.92 Å². The summed E-state index contributed by atoms with van der Waals surface area (Å²) >= 11 is 0. The summed E-state index contributed by atoms with van der Waals surface area (Å²) in [7, 11) is 1.28. The second-order valence-corrected chi connectivity index (χ2v) is 4.20. The average molecular weight is 240 g/mol. The summed E-state index contributed by atoms with van der Waals surface area (Å²) in [4.78, 5) is 11.2. The van der Waals surface area contributed by atoms with Gasteiger partial charge in [0.15, 0.2) is 0 Å². The van der Waals surface area contributed by atoms with Gasteiger partial charge in [-0.25, -0.2) is 4.79 Å². The van der Waals surface area contributed by atoms with Crippen LogP contribution in [0.25, 0.3) is 0 Å². The highest BCUT2D eigenvalue weighted by molar-refractivity contribution is 5.86. The summed E-state index contributed by atoms with van der Waals surface area (Å²) in [5, 5.41) is 10.0. The van der Waals surface area contributed by atoms with E-state index >= 15 is 0 Å². The molecule has 0 spiro atoms. The number of esters is 1. The van der Waals surface area contributed by atoms with Gasteiger partial charge in [0.05, 0.1) is 19.3 Å². The van der Waals surface area contributed by atoms with Crippen molar-refractivity contribution in [3.05, 3.63) is 23.7 Å². The summed E-state index contributed by atoms with van der Waals surface area (Å²) in [6.07, 6.45) is 0.771. The lowest BCUT2D eigenvalue weighted by Gasteiger charge is -2.16. The SMILES string of the molecule is COC(=O)c1ccc(C(O)C2CCC(C)O2)o1. The van der Waals surface area contributed by atoms with Crippen LogP contribution in [0, 0.1) is 0 Å². The first kappa shape index (κ1) is 12.1. The lowest BCUT2D eigenvalue weighted by molar-refractivity contribution is -0.0384. The number of carbonyl (C=O) groups is 1. The van der Waals surface area contributed by atoms with E-state index < -0.39 is 12.1 Å². The van der Waals surface area contributed by atoms with Crippen molar-refractivity contribution in [3.63, 3.8) is 0 Å². The van der Waals surface area contributed by atoms with Crippen molar-refractivity contribution in [1.82, 2.24) is 0 Å². The van der Waals surface area contributed by atoms with Crippen molar-refractivity contribution in [2.24, 2.45) is 0 Å². The zero-order chi connectivity index (χ0) is 12.4. The second-order valence-electron chi connectivity index (χ2n) is 4.20. The summed E-state index contributed by atoms with van der Waals surface area (Å²) in [5.41, 5.74) is 0. The van der Waals surface area contributed by atoms with E-state index in [0.717, 1.165) is 12.8 Å². The molecule has 3 unspecified atom stereocenters. The fraction of sp³-hybridized carbons (Fsp3) is 0.583. The van der Waals surface area contributed by atoms with Gasteiger partial charge in [0.25, 0.3) is 0 Å². The zero-order valence-electron chi connectivity index (χ0n) is 9.88. The minimum atomic E-state index is -0.835. The van der Waals surface area contributed by atoms with E-state index in [2.05, 4.69) is 4.74 Å². The molecule has 1 aromatic heterocycles. The number of hydrogen-bond acceptors (Lipinski definition) is 5. The minimum Gasteiger partial charge on any atom is -0.463 e. The van der Waals surface area contributed by atoms with Crippen molar-refractivity contribution in [1.29, 1.82) is 0 Å². The Hall–Kier alpha value is -1.33. The quantitative estimate of drug-likeness (QED) is 0.814. The smallest absolute Gasteiger partial charge is 0.373 e. The van der Waals surface area contributed by atoms with E-state index in [0.29, 0.717) is 5.76 Å². The summed E-state index contributed by atoms with van der Waals surface area (Å²) in [6.45, 7) is 1.97. The number of rotatable bonds is 3. The number of methoxy groups -OCH3 is 1. The van der Waals surface area contributed by atoms with E-state index in [-0.39, 0.29) is 18.0 Å². The zero-order valence-corrected chi connectivity index (χ0v) is 9.88. The van der Waals surface area contributed by atoms with Gasteiger partial charge in [0.2, 0.25) is 5.76 Å². The van der Waals surface area contributed by atoms with Crippen LogP contribution in [0.3, 0.4) is 0 Å². The predicted octanol–water partition coefficient (Wildman–Crippen LogP) is 1.67. The Morgan fingerprint density at radius 1 is 1.53 bits per heavy atom. The lowest BCUT2D eigenvalue weighted by atomic mass is 10.1. The molecule has 1 fully saturated rings. The Morgan fingerprint density at radius 2 is 2.29 bits per heavy atom. The van der Waals surface area contributed by atoms with Gasteiger partial charge in [-0.1, -0.05) is 0 Å². The molecule has 5 nitrogen and oxygen atoms in total. The van der Waals surface area contributed by atoms with Crippen LogP contribution >= 0.6 is 0 Å². The summed E-state index contributed by atoms with van der Waals surface area (Å²) in [5.74, 6) is -0.124. The third-order valence-electron chi connectivity index (χ3n) is 2.92. The first-order valence-corrected chi connectivity index (χ1v) is 5.63. The monoisotopic (exact) mass is 240 g/mol. The van der Waals surface area contributed by atoms with Crippen molar-refractivity contribution in [3.8, 4) is 0 Å². The van der Waals surface area contributed by atoms with Crippen LogP contribution in [-0.4, -0.2) is 30.4 Å². The standard InChI is InChI=1S/C12H16O5/c1-7-3-4-8(16-7)11(13)9-5-6-10(17-9)12(14)15-2/h5-8,11,13H,3-4H2,1-2H3. The van der Waals surface area contributed by atoms with Crippen molar-refractivity contribution in [2.75, 3.05) is 7.11 Å². The molecule has 0 amide bonds. The molecule has 0 bridgehead atoms. The number of carbonyl (C=O) groups excluding carboxylic acids is 1. The maximum Gasteiger partial charge on any atom is 0.373 e. The van der Waals surface area contributed by atoms with Crippen molar-refractivity contribution in [2.45, 2.75) is 38.1 Å². The largest absolute Gasteiger partial charge is 0.463 e. The first-order chi connectivity index (χ1) is 8.11. The Labute approximate surface area is 99.3 Å². The molecule has 2 rings (SSSR count). The van der Waals surface area contributed by atoms with Gasteiger partial charge in [-0.05, 0) is 31.9 Å². The molecule has 1 saturated heterocycles. The normalized spacial score (nSPS) is 25.8. The molecule has 0 aliphatic carbocycles. The minimum absolute atomic E-state index is 0.0904. The molecule has 1 N–H and O–H groups in total. The molecule has 3 atom stereocenters. The Morgan fingerprint density at radius 3 is 2.88 bits per heavy atom. The Balaban J connectivity index is 2.06. The fourth-order valence-corrected chi connectivity index (χ4v) is 1.97. The molecule has 1 aromatic rings. The molecule has 0 aromatic carbocycles. The maximum absolute atomic E-state index is 11.2.